The van der Waals surface area contributed by atoms with Crippen LogP contribution in [0.2, 0.25) is 10.0 Å². The number of carbonyl (C=O) groups is 2. The number of ether oxygens (including phenoxy) is 1. The number of nitrogens with one attached hydrogen (secondary N) is 2. The van der Waals surface area contributed by atoms with Crippen molar-refractivity contribution in [1.29, 1.82) is 0 Å². The monoisotopic (exact) mass is 585 g/mol. The van der Waals surface area contributed by atoms with Crippen LogP contribution in [0.5, 0.6) is 0 Å². The molecule has 5 aliphatic rings. The summed E-state index contributed by atoms with van der Waals surface area (Å²) in [6.45, 7) is 11.5. The Morgan fingerprint density at radius 3 is 2.45 bits per heavy atom. The molecule has 0 radical (unpaired) electrons. The average molecular weight is 587 g/mol. The van der Waals surface area contributed by atoms with Gasteiger partial charge >= 0.3 is 0 Å². The number of benzene rings is 1. The van der Waals surface area contributed by atoms with Crippen molar-refractivity contribution < 1.29 is 14.3 Å². The first-order chi connectivity index (χ1) is 19.1. The molecule has 2 saturated carbocycles. The summed E-state index contributed by atoms with van der Waals surface area (Å²) in [5, 5.41) is 7.64. The molecule has 8 heteroatoms. The lowest BCUT2D eigenvalue weighted by Gasteiger charge is -2.43. The molecule has 1 spiro atoms. The summed E-state index contributed by atoms with van der Waals surface area (Å²) < 4.78 is 6.70. The largest absolute Gasteiger partial charge is 0.384 e. The zero-order chi connectivity index (χ0) is 28.3. The average Bonchev–Trinajstić information content (AvgIpc) is 3.54. The molecule has 6 nitrogen and oxygen atoms in total. The normalized spacial score (nSPS) is 40.3. The van der Waals surface area contributed by atoms with Crippen molar-refractivity contribution in [1.82, 2.24) is 10.2 Å². The third-order valence-electron chi connectivity index (χ3n) is 10.5. The highest BCUT2D eigenvalue weighted by molar-refractivity contribution is 6.35. The van der Waals surface area contributed by atoms with Crippen LogP contribution in [-0.4, -0.2) is 46.5 Å². The van der Waals surface area contributed by atoms with E-state index in [1.54, 1.807) is 18.2 Å². The smallest absolute Gasteiger partial charge is 0.231 e. The molecule has 216 valence electrons. The minimum atomic E-state index is -0.910. The maximum Gasteiger partial charge on any atom is 0.231 e. The van der Waals surface area contributed by atoms with Gasteiger partial charge in [0.25, 0.3) is 0 Å². The number of hydrogen-bond acceptors (Lipinski definition) is 4. The molecule has 40 heavy (non-hydrogen) atoms. The van der Waals surface area contributed by atoms with Crippen LogP contribution in [0, 0.1) is 29.6 Å². The Kier molecular flexibility index (Phi) is 7.50. The number of likely N-dealkylation sites (tertiary alicyclic amines) is 1. The van der Waals surface area contributed by atoms with Gasteiger partial charge in [-0.15, -0.1) is 0 Å². The van der Waals surface area contributed by atoms with Crippen molar-refractivity contribution in [3.8, 4) is 0 Å². The Hall–Kier alpha value is -2.02. The number of anilines is 1. The Balaban J connectivity index is 1.32. The maximum absolute atomic E-state index is 14.5. The topological polar surface area (TPSA) is 70.7 Å². The van der Waals surface area contributed by atoms with E-state index in [1.807, 2.05) is 6.08 Å². The molecule has 3 heterocycles. The van der Waals surface area contributed by atoms with Crippen molar-refractivity contribution in [3.05, 3.63) is 52.7 Å². The van der Waals surface area contributed by atoms with Crippen LogP contribution in [0.3, 0.4) is 0 Å². The minimum absolute atomic E-state index is 0.00805. The number of rotatable bonds is 6. The molecule has 2 amide bonds. The third kappa shape index (κ3) is 4.68. The van der Waals surface area contributed by atoms with E-state index in [4.69, 9.17) is 27.9 Å². The molecule has 3 aliphatic heterocycles. The predicted octanol–water partition coefficient (Wildman–Crippen LogP) is 6.59. The van der Waals surface area contributed by atoms with Crippen molar-refractivity contribution in [2.24, 2.45) is 29.6 Å². The van der Waals surface area contributed by atoms with Gasteiger partial charge in [0.2, 0.25) is 11.8 Å². The first-order valence-corrected chi connectivity index (χ1v) is 15.8. The summed E-state index contributed by atoms with van der Waals surface area (Å²) in [5.41, 5.74) is 0.440. The summed E-state index contributed by atoms with van der Waals surface area (Å²) in [6, 6.07) is 5.02. The van der Waals surface area contributed by atoms with E-state index in [2.05, 4.69) is 49.0 Å². The second kappa shape index (κ2) is 10.7. The number of halogens is 2. The quantitative estimate of drug-likeness (QED) is 0.369. The molecule has 8 atom stereocenters. The van der Waals surface area contributed by atoms with Crippen LogP contribution < -0.4 is 10.6 Å². The second-order valence-corrected chi connectivity index (χ2v) is 13.9. The van der Waals surface area contributed by atoms with Crippen molar-refractivity contribution in [3.63, 3.8) is 0 Å². The first kappa shape index (κ1) is 28.1. The van der Waals surface area contributed by atoms with E-state index in [9.17, 15) is 9.59 Å². The standard InChI is InChI=1S/C32H41Cl2N3O3/c1-17-8-10-24(11-9-17)37-29(20(4)35-25-7-5-6-18(2)19(25)3)32-13-12-26(40-32)27(28(32)31(37)39)30(38)36-23-15-21(33)14-22(34)16-23/h12-19,24-29,35H,4-11H2,1-3H3,(H,36,38). The molecule has 2 aliphatic carbocycles. The molecule has 2 N–H and O–H groups in total. The zero-order valence-corrected chi connectivity index (χ0v) is 25.2. The van der Waals surface area contributed by atoms with Gasteiger partial charge in [-0.2, -0.15) is 0 Å². The van der Waals surface area contributed by atoms with E-state index >= 15 is 0 Å². The van der Waals surface area contributed by atoms with Crippen LogP contribution >= 0.6 is 23.2 Å². The lowest BCUT2D eigenvalue weighted by Crippen LogP contribution is -2.54. The van der Waals surface area contributed by atoms with Gasteiger partial charge < -0.3 is 20.3 Å². The Bertz CT molecular complexity index is 1210. The summed E-state index contributed by atoms with van der Waals surface area (Å²) >= 11 is 12.4. The summed E-state index contributed by atoms with van der Waals surface area (Å²) in [4.78, 5) is 30.3. The van der Waals surface area contributed by atoms with Crippen LogP contribution in [0.1, 0.15) is 65.7 Å². The van der Waals surface area contributed by atoms with E-state index in [0.29, 0.717) is 39.5 Å². The van der Waals surface area contributed by atoms with Crippen molar-refractivity contribution in [2.75, 3.05) is 5.32 Å². The number of amides is 2. The van der Waals surface area contributed by atoms with E-state index in [-0.39, 0.29) is 23.9 Å². The summed E-state index contributed by atoms with van der Waals surface area (Å²) in [5.74, 6) is 0.310. The van der Waals surface area contributed by atoms with Crippen LogP contribution in [0.15, 0.2) is 42.6 Å². The lowest BCUT2D eigenvalue weighted by molar-refractivity contribution is -0.139. The van der Waals surface area contributed by atoms with Gasteiger partial charge in [0, 0.05) is 33.5 Å². The number of fused-ring (bicyclic) bond motifs is 1. The molecule has 6 rings (SSSR count). The Morgan fingerprint density at radius 2 is 1.75 bits per heavy atom. The third-order valence-corrected chi connectivity index (χ3v) is 11.0. The van der Waals surface area contributed by atoms with Crippen molar-refractivity contribution in [2.45, 2.75) is 95.5 Å². The molecule has 0 aromatic heterocycles. The number of carbonyl (C=O) groups excluding carboxylic acids is 2. The van der Waals surface area contributed by atoms with Gasteiger partial charge in [0.1, 0.15) is 11.6 Å². The molecule has 2 bridgehead atoms. The first-order valence-electron chi connectivity index (χ1n) is 15.0. The Labute approximate surface area is 247 Å². The lowest BCUT2D eigenvalue weighted by atomic mass is 9.73. The highest BCUT2D eigenvalue weighted by Gasteiger charge is 2.72. The maximum atomic E-state index is 14.5. The van der Waals surface area contributed by atoms with Crippen LogP contribution in [0.25, 0.3) is 0 Å². The SMILES string of the molecule is C=C(NC1CCCC(C)C1C)C1N(C2CCC(C)CC2)C(=O)C2C(C(=O)Nc3cc(Cl)cc(Cl)c3)C3C=CC21O3. The van der Waals surface area contributed by atoms with E-state index in [0.717, 1.165) is 37.8 Å². The molecule has 2 saturated heterocycles. The zero-order valence-electron chi connectivity index (χ0n) is 23.7. The molecular weight excluding hydrogens is 545 g/mol. The molecule has 4 fully saturated rings. The highest BCUT2D eigenvalue weighted by atomic mass is 35.5. The van der Waals surface area contributed by atoms with Crippen molar-refractivity contribution >= 4 is 40.7 Å². The van der Waals surface area contributed by atoms with Gasteiger partial charge in [-0.3, -0.25) is 9.59 Å². The number of nitrogens with zero attached hydrogens (tertiary/aromatic N) is 1. The van der Waals surface area contributed by atoms with Crippen LogP contribution in [0.4, 0.5) is 5.69 Å². The van der Waals surface area contributed by atoms with E-state index in [1.165, 1.54) is 12.8 Å². The van der Waals surface area contributed by atoms with Gasteiger partial charge in [-0.1, -0.05) is 75.5 Å². The van der Waals surface area contributed by atoms with Gasteiger partial charge in [-0.05, 0) is 68.1 Å². The molecular formula is C32H41Cl2N3O3. The van der Waals surface area contributed by atoms with Gasteiger partial charge in [0.15, 0.2) is 0 Å². The fraction of sp³-hybridized carbons (Fsp3) is 0.625. The van der Waals surface area contributed by atoms with E-state index < -0.39 is 23.5 Å². The second-order valence-electron chi connectivity index (χ2n) is 13.1. The van der Waals surface area contributed by atoms with Crippen LogP contribution in [-0.2, 0) is 14.3 Å². The number of hydrogen-bond donors (Lipinski definition) is 2. The summed E-state index contributed by atoms with van der Waals surface area (Å²) in [7, 11) is 0. The van der Waals surface area contributed by atoms with Gasteiger partial charge in [0.05, 0.1) is 17.9 Å². The minimum Gasteiger partial charge on any atom is -0.384 e. The summed E-state index contributed by atoms with van der Waals surface area (Å²) in [6.07, 6.45) is 11.2. The molecule has 1 aromatic carbocycles. The van der Waals surface area contributed by atoms with Gasteiger partial charge in [-0.25, -0.2) is 0 Å². The fourth-order valence-corrected chi connectivity index (χ4v) is 8.71. The molecule has 8 unspecified atom stereocenters. The fourth-order valence-electron chi connectivity index (χ4n) is 8.18. The highest BCUT2D eigenvalue weighted by Crippen LogP contribution is 2.57. The molecule has 1 aromatic rings. The Morgan fingerprint density at radius 1 is 1.05 bits per heavy atom. The predicted molar refractivity (Wildman–Crippen MR) is 159 cm³/mol.